The van der Waals surface area contributed by atoms with Crippen molar-refractivity contribution < 1.29 is 13.6 Å². The molecule has 1 amide bonds. The lowest BCUT2D eigenvalue weighted by atomic mass is 10.1. The van der Waals surface area contributed by atoms with Gasteiger partial charge in [-0.2, -0.15) is 0 Å². The van der Waals surface area contributed by atoms with Gasteiger partial charge >= 0.3 is 5.63 Å². The molecule has 3 aromatic rings. The molecule has 0 radical (unpaired) electrons. The smallest absolute Gasteiger partial charge is 0.349 e. The summed E-state index contributed by atoms with van der Waals surface area (Å²) in [6, 6.07) is 11.9. The van der Waals surface area contributed by atoms with Crippen LogP contribution in [0.25, 0.3) is 11.0 Å². The predicted octanol–water partition coefficient (Wildman–Crippen LogP) is 3.19. The number of carbonyl (C=O) groups is 1. The van der Waals surface area contributed by atoms with E-state index in [9.17, 15) is 9.59 Å². The summed E-state index contributed by atoms with van der Waals surface area (Å²) >= 11 is 0. The second-order valence-electron chi connectivity index (χ2n) is 5.13. The lowest BCUT2D eigenvalue weighted by Gasteiger charge is -2.11. The maximum atomic E-state index is 12.3. The van der Waals surface area contributed by atoms with Crippen molar-refractivity contribution in [2.45, 2.75) is 19.9 Å². The summed E-state index contributed by atoms with van der Waals surface area (Å²) in [4.78, 5) is 24.2. The Hall–Kier alpha value is -2.82. The highest BCUT2D eigenvalue weighted by molar-refractivity contribution is 5.96. The van der Waals surface area contributed by atoms with E-state index in [1.807, 2.05) is 19.1 Å². The minimum Gasteiger partial charge on any atom is -0.464 e. The van der Waals surface area contributed by atoms with E-state index in [-0.39, 0.29) is 11.6 Å². The van der Waals surface area contributed by atoms with Crippen LogP contribution in [0.5, 0.6) is 0 Å². The molecule has 3 rings (SSSR count). The van der Waals surface area contributed by atoms with E-state index in [0.717, 1.165) is 5.76 Å². The van der Waals surface area contributed by atoms with Gasteiger partial charge in [0, 0.05) is 5.39 Å². The molecule has 5 nitrogen and oxygen atoms in total. The Labute approximate surface area is 126 Å². The molecule has 0 saturated heterocycles. The van der Waals surface area contributed by atoms with E-state index in [4.69, 9.17) is 8.83 Å². The molecule has 0 aliphatic carbocycles. The van der Waals surface area contributed by atoms with Gasteiger partial charge in [0.2, 0.25) is 0 Å². The lowest BCUT2D eigenvalue weighted by Crippen LogP contribution is -2.30. The topological polar surface area (TPSA) is 72.5 Å². The van der Waals surface area contributed by atoms with Gasteiger partial charge in [0.05, 0.1) is 6.04 Å². The highest BCUT2D eigenvalue weighted by atomic mass is 16.4. The Morgan fingerprint density at radius 2 is 1.91 bits per heavy atom. The number of furan rings is 1. The zero-order valence-electron chi connectivity index (χ0n) is 12.3. The molecule has 0 fully saturated rings. The van der Waals surface area contributed by atoms with Gasteiger partial charge in [-0.3, -0.25) is 4.79 Å². The Morgan fingerprint density at radius 1 is 1.14 bits per heavy atom. The average molecular weight is 297 g/mol. The fraction of sp³-hybridized carbons (Fsp3) is 0.176. The van der Waals surface area contributed by atoms with E-state index in [1.165, 1.54) is 6.07 Å². The molecule has 5 heteroatoms. The van der Waals surface area contributed by atoms with Crippen LogP contribution in [0.15, 0.2) is 56.1 Å². The van der Waals surface area contributed by atoms with Gasteiger partial charge in [-0.15, -0.1) is 0 Å². The van der Waals surface area contributed by atoms with E-state index in [1.54, 1.807) is 31.2 Å². The molecule has 22 heavy (non-hydrogen) atoms. The Kier molecular flexibility index (Phi) is 3.55. The van der Waals surface area contributed by atoms with Crippen LogP contribution in [0.1, 0.15) is 34.8 Å². The monoisotopic (exact) mass is 297 g/mol. The van der Waals surface area contributed by atoms with Crippen LogP contribution < -0.4 is 10.9 Å². The van der Waals surface area contributed by atoms with Crippen molar-refractivity contribution in [2.24, 2.45) is 0 Å². The van der Waals surface area contributed by atoms with Crippen molar-refractivity contribution in [1.82, 2.24) is 5.32 Å². The summed E-state index contributed by atoms with van der Waals surface area (Å²) in [5, 5.41) is 3.44. The number of nitrogens with one attached hydrogen (secondary N) is 1. The zero-order valence-corrected chi connectivity index (χ0v) is 12.3. The largest absolute Gasteiger partial charge is 0.464 e. The summed E-state index contributed by atoms with van der Waals surface area (Å²) in [5.41, 5.74) is -0.216. The molecule has 1 aromatic carbocycles. The molecule has 0 saturated carbocycles. The van der Waals surface area contributed by atoms with Crippen LogP contribution >= 0.6 is 0 Å². The van der Waals surface area contributed by atoms with Gasteiger partial charge < -0.3 is 14.2 Å². The van der Waals surface area contributed by atoms with E-state index in [2.05, 4.69) is 5.32 Å². The summed E-state index contributed by atoms with van der Waals surface area (Å²) < 4.78 is 10.6. The number of hydrogen-bond acceptors (Lipinski definition) is 4. The van der Waals surface area contributed by atoms with Crippen LogP contribution in [-0.2, 0) is 0 Å². The van der Waals surface area contributed by atoms with Crippen molar-refractivity contribution in [3.05, 3.63) is 70.0 Å². The van der Waals surface area contributed by atoms with Crippen molar-refractivity contribution in [3.63, 3.8) is 0 Å². The van der Waals surface area contributed by atoms with Gasteiger partial charge in [0.25, 0.3) is 5.91 Å². The van der Waals surface area contributed by atoms with E-state index < -0.39 is 11.5 Å². The first kappa shape index (κ1) is 14.1. The Morgan fingerprint density at radius 3 is 2.64 bits per heavy atom. The van der Waals surface area contributed by atoms with Crippen LogP contribution in [0.4, 0.5) is 0 Å². The molecule has 1 N–H and O–H groups in total. The van der Waals surface area contributed by atoms with E-state index >= 15 is 0 Å². The first-order valence-corrected chi connectivity index (χ1v) is 6.94. The maximum absolute atomic E-state index is 12.3. The summed E-state index contributed by atoms with van der Waals surface area (Å²) in [6.45, 7) is 3.62. The summed E-state index contributed by atoms with van der Waals surface area (Å²) in [5.74, 6) is 0.915. The van der Waals surface area contributed by atoms with E-state index in [0.29, 0.717) is 16.7 Å². The molecule has 0 spiro atoms. The molecule has 0 aliphatic heterocycles. The fourth-order valence-electron chi connectivity index (χ4n) is 2.25. The lowest BCUT2D eigenvalue weighted by molar-refractivity contribution is 0.0931. The van der Waals surface area contributed by atoms with Crippen LogP contribution in [0.3, 0.4) is 0 Å². The number of benzene rings is 1. The number of hydrogen-bond donors (Lipinski definition) is 1. The van der Waals surface area contributed by atoms with Gasteiger partial charge in [0.1, 0.15) is 22.7 Å². The molecule has 2 aromatic heterocycles. The van der Waals surface area contributed by atoms with Gasteiger partial charge in [-0.05, 0) is 38.1 Å². The number of amides is 1. The third-order valence-corrected chi connectivity index (χ3v) is 3.42. The van der Waals surface area contributed by atoms with Gasteiger partial charge in [-0.1, -0.05) is 18.2 Å². The second-order valence-corrected chi connectivity index (χ2v) is 5.13. The molecular weight excluding hydrogens is 282 g/mol. The third kappa shape index (κ3) is 2.65. The number of rotatable bonds is 3. The Balaban J connectivity index is 1.88. The summed E-state index contributed by atoms with van der Waals surface area (Å²) in [7, 11) is 0. The van der Waals surface area contributed by atoms with Gasteiger partial charge in [0.15, 0.2) is 0 Å². The Bertz CT molecular complexity index is 891. The number of carbonyl (C=O) groups excluding carboxylic acids is 1. The standard InChI is InChI=1S/C17H15NO4/c1-10-7-8-14(21-10)11(2)18-16(19)13-9-12-5-3-4-6-15(12)22-17(13)20/h3-9,11H,1-2H3,(H,18,19). The molecule has 0 bridgehead atoms. The van der Waals surface area contributed by atoms with Gasteiger partial charge in [-0.25, -0.2) is 4.79 Å². The predicted molar refractivity (Wildman–Crippen MR) is 81.8 cm³/mol. The van der Waals surface area contributed by atoms with Crippen molar-refractivity contribution >= 4 is 16.9 Å². The first-order chi connectivity index (χ1) is 10.5. The molecule has 112 valence electrons. The number of fused-ring (bicyclic) bond motifs is 1. The van der Waals surface area contributed by atoms with Crippen molar-refractivity contribution in [1.29, 1.82) is 0 Å². The third-order valence-electron chi connectivity index (χ3n) is 3.42. The average Bonchev–Trinajstić information content (AvgIpc) is 2.93. The number of aryl methyl sites for hydroxylation is 1. The minimum absolute atomic E-state index is 0.0196. The maximum Gasteiger partial charge on any atom is 0.349 e. The zero-order chi connectivity index (χ0) is 15.7. The second kappa shape index (κ2) is 5.52. The highest BCUT2D eigenvalue weighted by Gasteiger charge is 2.18. The SMILES string of the molecule is Cc1ccc(C(C)NC(=O)c2cc3ccccc3oc2=O)o1. The molecule has 1 unspecified atom stereocenters. The van der Waals surface area contributed by atoms with Crippen molar-refractivity contribution in [3.8, 4) is 0 Å². The molecule has 2 heterocycles. The summed E-state index contributed by atoms with van der Waals surface area (Å²) in [6.07, 6.45) is 0. The number of para-hydroxylation sites is 1. The van der Waals surface area contributed by atoms with Crippen molar-refractivity contribution in [2.75, 3.05) is 0 Å². The molecular formula is C17H15NO4. The van der Waals surface area contributed by atoms with Crippen LogP contribution in [0, 0.1) is 6.92 Å². The molecule has 0 aliphatic rings. The first-order valence-electron chi connectivity index (χ1n) is 6.94. The molecule has 1 atom stereocenters. The van der Waals surface area contributed by atoms with Crippen LogP contribution in [0.2, 0.25) is 0 Å². The normalized spacial score (nSPS) is 12.3. The van der Waals surface area contributed by atoms with Crippen LogP contribution in [-0.4, -0.2) is 5.91 Å². The fourth-order valence-corrected chi connectivity index (χ4v) is 2.25. The quantitative estimate of drug-likeness (QED) is 0.754. The minimum atomic E-state index is -0.654. The highest BCUT2D eigenvalue weighted by Crippen LogP contribution is 2.17.